The molecule has 0 spiro atoms. The molecule has 10 N–H and O–H groups in total. The summed E-state index contributed by atoms with van der Waals surface area (Å²) < 4.78 is 44.3. The Morgan fingerprint density at radius 2 is 0.884 bits per heavy atom. The molecule has 3 fully saturated rings. The Morgan fingerprint density at radius 3 is 1.42 bits per heavy atom. The molecule has 19 heteroatoms. The minimum Gasteiger partial charge on any atom is -0.394 e. The third-order valence-corrected chi connectivity index (χ3v) is 7.38. The van der Waals surface area contributed by atoms with E-state index in [1.54, 1.807) is 0 Å². The minimum atomic E-state index is -1.89. The second-order valence-corrected chi connectivity index (χ2v) is 10.6. The highest BCUT2D eigenvalue weighted by atomic mass is 32.1. The van der Waals surface area contributed by atoms with Crippen molar-refractivity contribution < 1.29 is 89.0 Å². The van der Waals surface area contributed by atoms with Gasteiger partial charge in [0.1, 0.15) is 73.2 Å². The van der Waals surface area contributed by atoms with Gasteiger partial charge >= 0.3 is 0 Å². The van der Waals surface area contributed by atoms with Gasteiger partial charge in [-0.25, -0.2) is 0 Å². The predicted octanol–water partition coefficient (Wildman–Crippen LogP) is -6.59. The van der Waals surface area contributed by atoms with Gasteiger partial charge in [-0.1, -0.05) is 0 Å². The summed E-state index contributed by atoms with van der Waals surface area (Å²) in [5.74, 6) is 0.553. The van der Waals surface area contributed by atoms with Gasteiger partial charge in [-0.3, -0.25) is 0 Å². The molecule has 0 unspecified atom stereocenters. The SMILES string of the molecule is OC[C@H]1O[C@H](O[C@@H]2[C@@H](O[C@@H]3[C@@H](OCCOCCOCCS)O[C@H](CO)[C@@H](O)[C@@H]3O)O[C@H](CO)[C@@H](O)[C@@H]2O)[C@@H](O)[C@@H](O)[C@@H]1O. The van der Waals surface area contributed by atoms with Crippen molar-refractivity contribution in [2.75, 3.05) is 58.6 Å². The third kappa shape index (κ3) is 9.35. The van der Waals surface area contributed by atoms with E-state index in [-0.39, 0.29) is 19.8 Å². The van der Waals surface area contributed by atoms with Crippen LogP contribution in [0.1, 0.15) is 0 Å². The highest BCUT2D eigenvalue weighted by Gasteiger charge is 2.54. The molecule has 15 atom stereocenters. The van der Waals surface area contributed by atoms with Crippen molar-refractivity contribution in [3.63, 3.8) is 0 Å². The molecule has 0 aliphatic carbocycles. The van der Waals surface area contributed by atoms with Crippen molar-refractivity contribution in [2.24, 2.45) is 0 Å². The highest BCUT2D eigenvalue weighted by molar-refractivity contribution is 7.80. The van der Waals surface area contributed by atoms with Crippen molar-refractivity contribution in [3.8, 4) is 0 Å². The molecular weight excluding hydrogens is 608 g/mol. The lowest BCUT2D eigenvalue weighted by Gasteiger charge is -2.48. The molecule has 0 amide bonds. The summed E-state index contributed by atoms with van der Waals surface area (Å²) in [6, 6.07) is 0. The minimum absolute atomic E-state index is 0.0551. The molecule has 0 radical (unpaired) electrons. The first kappa shape index (κ1) is 37.1. The van der Waals surface area contributed by atoms with Gasteiger partial charge in [0.15, 0.2) is 18.9 Å². The number of rotatable bonds is 16. The smallest absolute Gasteiger partial charge is 0.187 e. The van der Waals surface area contributed by atoms with Crippen molar-refractivity contribution in [2.45, 2.75) is 92.1 Å². The first-order valence-corrected chi connectivity index (χ1v) is 14.5. The molecule has 254 valence electrons. The molecule has 3 heterocycles. The largest absolute Gasteiger partial charge is 0.394 e. The van der Waals surface area contributed by atoms with Gasteiger partial charge in [0.2, 0.25) is 0 Å². The zero-order chi connectivity index (χ0) is 31.7. The van der Waals surface area contributed by atoms with Gasteiger partial charge < -0.3 is 89.0 Å². The van der Waals surface area contributed by atoms with E-state index in [1.165, 1.54) is 0 Å². The van der Waals surface area contributed by atoms with E-state index in [0.29, 0.717) is 19.0 Å². The van der Waals surface area contributed by atoms with Crippen LogP contribution < -0.4 is 0 Å². The highest BCUT2D eigenvalue weighted by Crippen LogP contribution is 2.33. The second kappa shape index (κ2) is 18.1. The monoisotopic (exact) mass is 652 g/mol. The van der Waals surface area contributed by atoms with Gasteiger partial charge in [-0.2, -0.15) is 12.6 Å². The van der Waals surface area contributed by atoms with E-state index in [2.05, 4.69) is 12.6 Å². The fraction of sp³-hybridized carbons (Fsp3) is 1.00. The number of hydrogen-bond acceptors (Lipinski definition) is 19. The van der Waals surface area contributed by atoms with Crippen LogP contribution in [0.15, 0.2) is 0 Å². The van der Waals surface area contributed by atoms with Gasteiger partial charge in [0.05, 0.1) is 52.9 Å². The Hall–Kier alpha value is -0.370. The van der Waals surface area contributed by atoms with Crippen LogP contribution in [0.2, 0.25) is 0 Å². The van der Waals surface area contributed by atoms with Gasteiger partial charge in [-0.15, -0.1) is 0 Å². The van der Waals surface area contributed by atoms with E-state index >= 15 is 0 Å². The lowest BCUT2D eigenvalue weighted by atomic mass is 9.96. The zero-order valence-corrected chi connectivity index (χ0v) is 24.1. The number of thiol groups is 1. The van der Waals surface area contributed by atoms with Crippen LogP contribution in [0.3, 0.4) is 0 Å². The maximum Gasteiger partial charge on any atom is 0.187 e. The van der Waals surface area contributed by atoms with E-state index in [4.69, 9.17) is 37.9 Å². The van der Waals surface area contributed by atoms with Crippen LogP contribution in [0.4, 0.5) is 0 Å². The van der Waals surface area contributed by atoms with Crippen molar-refractivity contribution in [3.05, 3.63) is 0 Å². The summed E-state index contributed by atoms with van der Waals surface area (Å²) in [7, 11) is 0. The maximum atomic E-state index is 10.9. The fourth-order valence-electron chi connectivity index (χ4n) is 4.75. The summed E-state index contributed by atoms with van der Waals surface area (Å²) in [6.45, 7) is -1.28. The third-order valence-electron chi connectivity index (χ3n) is 7.20. The van der Waals surface area contributed by atoms with Crippen molar-refractivity contribution in [1.29, 1.82) is 0 Å². The Balaban J connectivity index is 1.75. The summed E-state index contributed by atoms with van der Waals surface area (Å²) in [5.41, 5.74) is 0. The Labute approximate surface area is 252 Å². The molecule has 18 nitrogen and oxygen atoms in total. The van der Waals surface area contributed by atoms with Gasteiger partial charge in [0.25, 0.3) is 0 Å². The number of aliphatic hydroxyl groups is 10. The number of aliphatic hydroxyl groups excluding tert-OH is 10. The molecule has 0 saturated carbocycles. The summed E-state index contributed by atoms with van der Waals surface area (Å²) in [6.07, 6.45) is -24.9. The first-order valence-electron chi connectivity index (χ1n) is 13.8. The van der Waals surface area contributed by atoms with Crippen LogP contribution >= 0.6 is 12.6 Å². The maximum absolute atomic E-state index is 10.9. The van der Waals surface area contributed by atoms with Crippen molar-refractivity contribution in [1.82, 2.24) is 0 Å². The number of hydrogen-bond donors (Lipinski definition) is 11. The first-order chi connectivity index (χ1) is 20.6. The fourth-order valence-corrected chi connectivity index (χ4v) is 4.87. The summed E-state index contributed by atoms with van der Waals surface area (Å²) in [5, 5.41) is 102. The summed E-state index contributed by atoms with van der Waals surface area (Å²) in [4.78, 5) is 0. The average molecular weight is 653 g/mol. The van der Waals surface area contributed by atoms with Crippen LogP contribution in [0, 0.1) is 0 Å². The zero-order valence-electron chi connectivity index (χ0n) is 23.2. The molecule has 43 heavy (non-hydrogen) atoms. The van der Waals surface area contributed by atoms with Crippen molar-refractivity contribution >= 4 is 12.6 Å². The molecule has 3 aliphatic heterocycles. The Kier molecular flexibility index (Phi) is 15.6. The molecule has 0 aromatic carbocycles. The molecular formula is C24H44O18S. The van der Waals surface area contributed by atoms with Crippen LogP contribution in [0.25, 0.3) is 0 Å². The quantitative estimate of drug-likeness (QED) is 0.0546. The van der Waals surface area contributed by atoms with E-state index < -0.39 is 112 Å². The molecule has 3 saturated heterocycles. The predicted molar refractivity (Wildman–Crippen MR) is 140 cm³/mol. The lowest BCUT2D eigenvalue weighted by molar-refractivity contribution is -0.393. The Bertz CT molecular complexity index is 785. The standard InChI is InChI=1S/C24H44O18S/c25-7-10-13(28)16(31)19(34)22(38-10)41-21-18(33)15(30)12(9-27)40-24(21)42-20-17(32)14(29)11(8-26)39-23(20)37-4-3-35-1-2-36-5-6-43/h10-34,43H,1-9H2/t10-,11-,12-,13-,14-,15-,16+,17+,18+,19+,20+,21+,22-,23+,24-/m1/s1. The normalized spacial score (nSPS) is 44.0. The molecule has 0 aromatic rings. The molecule has 3 rings (SSSR count). The van der Waals surface area contributed by atoms with E-state index in [9.17, 15) is 51.1 Å². The molecule has 0 aromatic heterocycles. The van der Waals surface area contributed by atoms with Crippen LogP contribution in [-0.4, -0.2) is 202 Å². The number of ether oxygens (including phenoxy) is 8. The van der Waals surface area contributed by atoms with Crippen LogP contribution in [0.5, 0.6) is 0 Å². The lowest BCUT2D eigenvalue weighted by Crippen LogP contribution is -2.67. The Morgan fingerprint density at radius 1 is 0.465 bits per heavy atom. The van der Waals surface area contributed by atoms with E-state index in [1.807, 2.05) is 0 Å². The van der Waals surface area contributed by atoms with Crippen LogP contribution in [-0.2, 0) is 37.9 Å². The molecule has 3 aliphatic rings. The topological polar surface area (TPSA) is 276 Å². The molecule has 0 bridgehead atoms. The second-order valence-electron chi connectivity index (χ2n) is 10.1. The van der Waals surface area contributed by atoms with Gasteiger partial charge in [0, 0.05) is 5.75 Å². The van der Waals surface area contributed by atoms with Gasteiger partial charge in [-0.05, 0) is 0 Å². The van der Waals surface area contributed by atoms with E-state index in [0.717, 1.165) is 0 Å². The summed E-state index contributed by atoms with van der Waals surface area (Å²) >= 11 is 4.03. The average Bonchev–Trinajstić information content (AvgIpc) is 3.00.